The highest BCUT2D eigenvalue weighted by atomic mass is 31.2. The molecule has 0 aliphatic rings. The molecule has 0 aromatic heterocycles. The van der Waals surface area contributed by atoms with Crippen LogP contribution in [0.25, 0.3) is 0 Å². The second kappa shape index (κ2) is 9.57. The summed E-state index contributed by atoms with van der Waals surface area (Å²) < 4.78 is 33.6. The first-order chi connectivity index (χ1) is 11.4. The lowest BCUT2D eigenvalue weighted by molar-refractivity contribution is 0.0480. The van der Waals surface area contributed by atoms with Crippen LogP contribution in [0.5, 0.6) is 0 Å². The van der Waals surface area contributed by atoms with E-state index in [1.807, 2.05) is 0 Å². The Hall–Kier alpha value is -1.69. The molecule has 24 heavy (non-hydrogen) atoms. The second-order valence-corrected chi connectivity index (χ2v) is 6.47. The summed E-state index contributed by atoms with van der Waals surface area (Å²) in [6, 6.07) is 4.34. The normalized spacial score (nSPS) is 11.2. The fourth-order valence-corrected chi connectivity index (χ4v) is 3.87. The van der Waals surface area contributed by atoms with E-state index in [9.17, 15) is 14.2 Å². The van der Waals surface area contributed by atoms with Crippen LogP contribution in [0.15, 0.2) is 18.2 Å². The summed E-state index contributed by atoms with van der Waals surface area (Å²) in [5, 5.41) is -0.00444. The molecular weight excluding hydrogens is 335 g/mol. The Balaban J connectivity index is 3.58. The van der Waals surface area contributed by atoms with Crippen molar-refractivity contribution in [3.05, 3.63) is 29.3 Å². The maximum atomic E-state index is 13.1. The molecule has 0 spiro atoms. The fraction of sp³-hybridized carbons (Fsp3) is 0.500. The molecule has 134 valence electrons. The minimum atomic E-state index is -3.78. The molecule has 0 heterocycles. The van der Waals surface area contributed by atoms with Crippen molar-refractivity contribution in [2.75, 3.05) is 26.4 Å². The van der Waals surface area contributed by atoms with Gasteiger partial charge < -0.3 is 18.5 Å². The maximum Gasteiger partial charge on any atom is 0.362 e. The molecule has 0 bridgehead atoms. The first-order valence-corrected chi connectivity index (χ1v) is 9.36. The number of hydrogen-bond acceptors (Lipinski definition) is 7. The number of ether oxygens (including phenoxy) is 2. The summed E-state index contributed by atoms with van der Waals surface area (Å²) in [7, 11) is -3.78. The Morgan fingerprint density at radius 1 is 0.875 bits per heavy atom. The van der Waals surface area contributed by atoms with Crippen molar-refractivity contribution < 1.29 is 32.7 Å². The highest BCUT2D eigenvalue weighted by Gasteiger charge is 2.35. The van der Waals surface area contributed by atoms with Crippen LogP contribution in [-0.4, -0.2) is 38.4 Å². The third-order valence-electron chi connectivity index (χ3n) is 2.91. The maximum absolute atomic E-state index is 13.1. The van der Waals surface area contributed by atoms with Crippen molar-refractivity contribution in [2.24, 2.45) is 0 Å². The Morgan fingerprint density at radius 2 is 1.42 bits per heavy atom. The van der Waals surface area contributed by atoms with Gasteiger partial charge in [-0.05, 0) is 39.8 Å². The first-order valence-electron chi connectivity index (χ1n) is 7.81. The quantitative estimate of drug-likeness (QED) is 0.495. The molecule has 1 aromatic rings. The van der Waals surface area contributed by atoms with Gasteiger partial charge in [-0.15, -0.1) is 0 Å². The predicted molar refractivity (Wildman–Crippen MR) is 88.8 cm³/mol. The monoisotopic (exact) mass is 358 g/mol. The standard InChI is InChI=1S/C16H23O7P/c1-5-20-15(17)12-10-9-11-13(14(12)16(18)21-6-2)24(19,22-7-3)23-8-4/h9-11H,5-8H2,1-4H3. The van der Waals surface area contributed by atoms with Crippen LogP contribution < -0.4 is 5.30 Å². The average Bonchev–Trinajstić information content (AvgIpc) is 2.55. The number of carbonyl (C=O) groups is 2. The van der Waals surface area contributed by atoms with Gasteiger partial charge in [0.15, 0.2) is 0 Å². The van der Waals surface area contributed by atoms with Gasteiger partial charge in [0, 0.05) is 0 Å². The van der Waals surface area contributed by atoms with Gasteiger partial charge in [0.05, 0.1) is 42.9 Å². The van der Waals surface area contributed by atoms with E-state index in [1.54, 1.807) is 27.7 Å². The molecule has 0 aliphatic heterocycles. The number of hydrogen-bond donors (Lipinski definition) is 0. The van der Waals surface area contributed by atoms with E-state index in [0.29, 0.717) is 0 Å². The van der Waals surface area contributed by atoms with Gasteiger partial charge in [0.2, 0.25) is 0 Å². The molecule has 8 heteroatoms. The Kier molecular flexibility index (Phi) is 8.11. The van der Waals surface area contributed by atoms with Gasteiger partial charge in [-0.1, -0.05) is 6.07 Å². The van der Waals surface area contributed by atoms with E-state index in [4.69, 9.17) is 18.5 Å². The molecule has 0 radical (unpaired) electrons. The second-order valence-electron chi connectivity index (χ2n) is 4.47. The molecule has 0 N–H and O–H groups in total. The molecule has 0 aliphatic carbocycles. The van der Waals surface area contributed by atoms with Crippen LogP contribution in [0.4, 0.5) is 0 Å². The zero-order valence-electron chi connectivity index (χ0n) is 14.4. The smallest absolute Gasteiger partial charge is 0.362 e. The van der Waals surface area contributed by atoms with E-state index in [2.05, 4.69) is 0 Å². The third kappa shape index (κ3) is 4.66. The lowest BCUT2D eigenvalue weighted by Crippen LogP contribution is -2.25. The van der Waals surface area contributed by atoms with Gasteiger partial charge in [0.25, 0.3) is 0 Å². The number of esters is 2. The van der Waals surface area contributed by atoms with Crippen molar-refractivity contribution in [3.63, 3.8) is 0 Å². The molecule has 0 fully saturated rings. The van der Waals surface area contributed by atoms with Crippen molar-refractivity contribution in [1.29, 1.82) is 0 Å². The van der Waals surface area contributed by atoms with E-state index in [0.717, 1.165) is 0 Å². The molecule has 7 nitrogen and oxygen atoms in total. The van der Waals surface area contributed by atoms with E-state index >= 15 is 0 Å². The molecule has 0 unspecified atom stereocenters. The first kappa shape index (κ1) is 20.4. The number of carbonyl (C=O) groups excluding carboxylic acids is 2. The van der Waals surface area contributed by atoms with Crippen molar-refractivity contribution in [1.82, 2.24) is 0 Å². The van der Waals surface area contributed by atoms with Crippen LogP contribution in [-0.2, 0) is 23.1 Å². The minimum Gasteiger partial charge on any atom is -0.462 e. The summed E-state index contributed by atoms with van der Waals surface area (Å²) in [6.07, 6.45) is 0. The molecule has 0 saturated carbocycles. The van der Waals surface area contributed by atoms with Crippen molar-refractivity contribution in [3.8, 4) is 0 Å². The minimum absolute atomic E-state index is 0.00444. The molecule has 0 saturated heterocycles. The van der Waals surface area contributed by atoms with E-state index in [1.165, 1.54) is 18.2 Å². The lowest BCUT2D eigenvalue weighted by atomic mass is 10.1. The molecule has 1 rings (SSSR count). The predicted octanol–water partition coefficient (Wildman–Crippen LogP) is 2.93. The van der Waals surface area contributed by atoms with Gasteiger partial charge in [-0.3, -0.25) is 4.57 Å². The van der Waals surface area contributed by atoms with Crippen molar-refractivity contribution in [2.45, 2.75) is 27.7 Å². The summed E-state index contributed by atoms with van der Waals surface area (Å²) in [6.45, 7) is 7.07. The Labute approximate surface area is 141 Å². The largest absolute Gasteiger partial charge is 0.462 e. The summed E-state index contributed by atoms with van der Waals surface area (Å²) in [5.41, 5.74) is -0.185. The summed E-state index contributed by atoms with van der Waals surface area (Å²) >= 11 is 0. The third-order valence-corrected chi connectivity index (χ3v) is 5.07. The number of benzene rings is 1. The summed E-state index contributed by atoms with van der Waals surface area (Å²) in [4.78, 5) is 24.6. The highest BCUT2D eigenvalue weighted by Crippen LogP contribution is 2.48. The summed E-state index contributed by atoms with van der Waals surface area (Å²) in [5.74, 6) is -1.49. The fourth-order valence-electron chi connectivity index (χ4n) is 2.08. The van der Waals surface area contributed by atoms with Crippen LogP contribution in [0, 0.1) is 0 Å². The van der Waals surface area contributed by atoms with Gasteiger partial charge in [-0.25, -0.2) is 9.59 Å². The number of rotatable bonds is 9. The SMILES string of the molecule is CCOC(=O)c1cccc(P(=O)(OCC)OCC)c1C(=O)OCC. The lowest BCUT2D eigenvalue weighted by Gasteiger charge is -2.20. The Bertz CT molecular complexity index is 617. The Morgan fingerprint density at radius 3 is 1.92 bits per heavy atom. The van der Waals surface area contributed by atoms with E-state index < -0.39 is 19.5 Å². The van der Waals surface area contributed by atoms with E-state index in [-0.39, 0.29) is 42.9 Å². The molecular formula is C16H23O7P. The van der Waals surface area contributed by atoms with Crippen molar-refractivity contribution >= 4 is 24.8 Å². The van der Waals surface area contributed by atoms with Crippen LogP contribution in [0.2, 0.25) is 0 Å². The van der Waals surface area contributed by atoms with Crippen LogP contribution in [0.3, 0.4) is 0 Å². The molecule has 0 atom stereocenters. The van der Waals surface area contributed by atoms with Crippen LogP contribution >= 0.6 is 7.60 Å². The zero-order valence-corrected chi connectivity index (χ0v) is 15.3. The highest BCUT2D eigenvalue weighted by molar-refractivity contribution is 7.62. The van der Waals surface area contributed by atoms with Crippen LogP contribution in [0.1, 0.15) is 48.4 Å². The topological polar surface area (TPSA) is 88.1 Å². The van der Waals surface area contributed by atoms with Gasteiger partial charge in [-0.2, -0.15) is 0 Å². The van der Waals surface area contributed by atoms with Gasteiger partial charge >= 0.3 is 19.5 Å². The van der Waals surface area contributed by atoms with Gasteiger partial charge in [0.1, 0.15) is 0 Å². The zero-order chi connectivity index (χ0) is 18.2. The average molecular weight is 358 g/mol. The molecule has 0 amide bonds. The molecule has 1 aromatic carbocycles.